The van der Waals surface area contributed by atoms with E-state index >= 15 is 0 Å². The molecule has 1 saturated heterocycles. The SMILES string of the molecule is C[C@@](N)(CN1CC(Oc2ccc(CCB(O)O)c([O-])c2C(=O)O)C1)C(=O)NCC[N+](C)(C)C. The molecule has 1 aromatic rings. The lowest BCUT2D eigenvalue weighted by Crippen LogP contribution is -2.64. The Morgan fingerprint density at radius 2 is 1.97 bits per heavy atom. The van der Waals surface area contributed by atoms with E-state index in [2.05, 4.69) is 5.32 Å². The molecule has 0 aromatic heterocycles. The average Bonchev–Trinajstić information content (AvgIpc) is 2.63. The highest BCUT2D eigenvalue weighted by molar-refractivity contribution is 6.41. The Bertz CT molecular complexity index is 852. The molecule has 1 fully saturated rings. The van der Waals surface area contributed by atoms with Crippen LogP contribution in [0.1, 0.15) is 22.8 Å². The molecule has 1 aliphatic heterocycles. The van der Waals surface area contributed by atoms with Crippen molar-refractivity contribution in [1.82, 2.24) is 10.2 Å². The fourth-order valence-corrected chi connectivity index (χ4v) is 3.54. The molecule has 0 spiro atoms. The van der Waals surface area contributed by atoms with Gasteiger partial charge in [0.2, 0.25) is 5.91 Å². The topological polar surface area (TPSA) is 168 Å². The maximum Gasteiger partial charge on any atom is 0.451 e. The molecule has 1 atom stereocenters. The lowest BCUT2D eigenvalue weighted by Gasteiger charge is -2.42. The second kappa shape index (κ2) is 10.7. The third kappa shape index (κ3) is 7.86. The van der Waals surface area contributed by atoms with Gasteiger partial charge in [0.15, 0.2) is 0 Å². The zero-order chi connectivity index (χ0) is 25.0. The van der Waals surface area contributed by atoms with E-state index in [1.807, 2.05) is 26.0 Å². The summed E-state index contributed by atoms with van der Waals surface area (Å²) in [5.41, 5.74) is 4.83. The zero-order valence-corrected chi connectivity index (χ0v) is 19.7. The average molecular weight is 466 g/mol. The van der Waals surface area contributed by atoms with Crippen LogP contribution in [0.2, 0.25) is 6.32 Å². The Morgan fingerprint density at radius 1 is 1.33 bits per heavy atom. The molecule has 2 rings (SSSR count). The largest absolute Gasteiger partial charge is 0.872 e. The smallest absolute Gasteiger partial charge is 0.451 e. The van der Waals surface area contributed by atoms with E-state index < -0.39 is 29.9 Å². The molecular weight excluding hydrogens is 431 g/mol. The van der Waals surface area contributed by atoms with Gasteiger partial charge in [-0.05, 0) is 25.7 Å². The van der Waals surface area contributed by atoms with Crippen molar-refractivity contribution in [1.29, 1.82) is 0 Å². The van der Waals surface area contributed by atoms with E-state index in [4.69, 9.17) is 20.5 Å². The zero-order valence-electron chi connectivity index (χ0n) is 19.7. The number of rotatable bonds is 12. The number of benzene rings is 1. The van der Waals surface area contributed by atoms with Crippen molar-refractivity contribution in [3.05, 3.63) is 23.3 Å². The molecular formula is C21H35BN4O7. The third-order valence-electron chi connectivity index (χ3n) is 5.44. The minimum absolute atomic E-state index is 0.0287. The minimum atomic E-state index is -1.58. The van der Waals surface area contributed by atoms with Gasteiger partial charge >= 0.3 is 13.1 Å². The van der Waals surface area contributed by atoms with Crippen molar-refractivity contribution in [3.8, 4) is 11.5 Å². The second-order valence-corrected chi connectivity index (χ2v) is 9.87. The Hall–Kier alpha value is -2.38. The summed E-state index contributed by atoms with van der Waals surface area (Å²) < 4.78 is 6.47. The number of nitrogens with one attached hydrogen (secondary N) is 1. The molecule has 0 radical (unpaired) electrons. The van der Waals surface area contributed by atoms with E-state index in [1.54, 1.807) is 6.92 Å². The highest BCUT2D eigenvalue weighted by Crippen LogP contribution is 2.32. The molecule has 6 N–H and O–H groups in total. The van der Waals surface area contributed by atoms with Crippen LogP contribution in [0, 0.1) is 0 Å². The monoisotopic (exact) mass is 466 g/mol. The number of hydrogen-bond acceptors (Lipinski definition) is 8. The van der Waals surface area contributed by atoms with Crippen molar-refractivity contribution in [2.24, 2.45) is 5.73 Å². The number of carboxylic acids is 1. The molecule has 1 heterocycles. The summed E-state index contributed by atoms with van der Waals surface area (Å²) in [6, 6.07) is 2.86. The van der Waals surface area contributed by atoms with Gasteiger partial charge in [-0.3, -0.25) is 9.69 Å². The third-order valence-corrected chi connectivity index (χ3v) is 5.44. The maximum atomic E-state index is 12.5. The number of carboxylic acid groups (broad SMARTS) is 1. The fraction of sp³-hybridized carbons (Fsp3) is 0.619. The van der Waals surface area contributed by atoms with Crippen LogP contribution in [-0.4, -0.2) is 109 Å². The fourth-order valence-electron chi connectivity index (χ4n) is 3.54. The maximum absolute atomic E-state index is 12.5. The molecule has 33 heavy (non-hydrogen) atoms. The van der Waals surface area contributed by atoms with Gasteiger partial charge in [-0.25, -0.2) is 4.79 Å². The molecule has 1 aromatic carbocycles. The van der Waals surface area contributed by atoms with Crippen molar-refractivity contribution in [3.63, 3.8) is 0 Å². The van der Waals surface area contributed by atoms with Gasteiger partial charge in [0, 0.05) is 19.6 Å². The summed E-state index contributed by atoms with van der Waals surface area (Å²) in [5.74, 6) is -2.37. The minimum Gasteiger partial charge on any atom is -0.872 e. The van der Waals surface area contributed by atoms with Crippen LogP contribution in [0.25, 0.3) is 0 Å². The number of carbonyl (C=O) groups excluding carboxylic acids is 1. The normalized spacial score (nSPS) is 16.6. The van der Waals surface area contributed by atoms with E-state index in [-0.39, 0.29) is 36.1 Å². The van der Waals surface area contributed by atoms with Crippen LogP contribution in [0.4, 0.5) is 0 Å². The van der Waals surface area contributed by atoms with Gasteiger partial charge in [0.05, 0.1) is 39.8 Å². The van der Waals surface area contributed by atoms with E-state index in [0.717, 1.165) is 11.0 Å². The Kier molecular flexibility index (Phi) is 8.72. The molecule has 0 saturated carbocycles. The van der Waals surface area contributed by atoms with Gasteiger partial charge < -0.3 is 40.5 Å². The molecule has 0 bridgehead atoms. The summed E-state index contributed by atoms with van der Waals surface area (Å²) in [7, 11) is 4.52. The second-order valence-electron chi connectivity index (χ2n) is 9.87. The van der Waals surface area contributed by atoms with Gasteiger partial charge in [0.1, 0.15) is 17.4 Å². The van der Waals surface area contributed by atoms with E-state index in [1.165, 1.54) is 12.1 Å². The number of aromatic carboxylic acids is 1. The van der Waals surface area contributed by atoms with Gasteiger partial charge in [-0.2, -0.15) is 0 Å². The van der Waals surface area contributed by atoms with Crippen LogP contribution in [0.3, 0.4) is 0 Å². The molecule has 12 heteroatoms. The Morgan fingerprint density at radius 3 is 2.52 bits per heavy atom. The quantitative estimate of drug-likeness (QED) is 0.174. The van der Waals surface area contributed by atoms with E-state index in [0.29, 0.717) is 26.2 Å². The first-order valence-electron chi connectivity index (χ1n) is 10.9. The Balaban J connectivity index is 1.92. The van der Waals surface area contributed by atoms with Crippen molar-refractivity contribution in [2.75, 3.05) is 53.9 Å². The summed E-state index contributed by atoms with van der Waals surface area (Å²) >= 11 is 0. The first kappa shape index (κ1) is 26.9. The van der Waals surface area contributed by atoms with Crippen molar-refractivity contribution in [2.45, 2.75) is 31.3 Å². The summed E-state index contributed by atoms with van der Waals surface area (Å²) in [4.78, 5) is 26.0. The number of likely N-dealkylation sites (N-methyl/N-ethyl adjacent to an activating group) is 1. The number of carbonyl (C=O) groups is 2. The molecule has 1 aliphatic rings. The highest BCUT2D eigenvalue weighted by Gasteiger charge is 2.37. The summed E-state index contributed by atoms with van der Waals surface area (Å²) in [5, 5.41) is 42.8. The van der Waals surface area contributed by atoms with E-state index in [9.17, 15) is 19.8 Å². The number of amides is 1. The molecule has 1 amide bonds. The van der Waals surface area contributed by atoms with Gasteiger partial charge in [0.25, 0.3) is 0 Å². The summed E-state index contributed by atoms with van der Waals surface area (Å²) in [6.45, 7) is 4.13. The molecule has 11 nitrogen and oxygen atoms in total. The number of hydrogen-bond donors (Lipinski definition) is 5. The summed E-state index contributed by atoms with van der Waals surface area (Å²) in [6.07, 6.45) is -0.378. The number of nitrogens with zero attached hydrogens (tertiary/aromatic N) is 2. The van der Waals surface area contributed by atoms with Crippen LogP contribution in [0.15, 0.2) is 12.1 Å². The Labute approximate surface area is 194 Å². The number of quaternary nitrogens is 1. The van der Waals surface area contributed by atoms with Crippen LogP contribution in [0.5, 0.6) is 11.5 Å². The lowest BCUT2D eigenvalue weighted by molar-refractivity contribution is -0.869. The molecule has 0 aliphatic carbocycles. The standard InChI is InChI=1S/C21H35BN4O7/c1-21(23,20(30)24-9-10-26(2,3)4)13-25-11-15(12-25)33-16-6-5-14(7-8-22(31)32)18(27)17(16)19(28)29/h5-6,15,31-32H,7-13,23H2,1-4H3,(H2-,24,27,28,29,30)/t21-/m1/s1. The van der Waals surface area contributed by atoms with Crippen molar-refractivity contribution >= 4 is 19.0 Å². The molecule has 184 valence electrons. The predicted octanol–water partition coefficient (Wildman–Crippen LogP) is -1.92. The number of nitrogens with two attached hydrogens (primary N) is 1. The van der Waals surface area contributed by atoms with Gasteiger partial charge in [-0.15, -0.1) is 0 Å². The molecule has 0 unspecified atom stereocenters. The first-order chi connectivity index (χ1) is 15.2. The lowest BCUT2D eigenvalue weighted by atomic mass is 9.82. The number of ether oxygens (including phenoxy) is 1. The first-order valence-corrected chi connectivity index (χ1v) is 10.9. The number of aryl methyl sites for hydroxylation is 1. The van der Waals surface area contributed by atoms with Crippen LogP contribution in [-0.2, 0) is 11.2 Å². The highest BCUT2D eigenvalue weighted by atomic mass is 16.5. The predicted molar refractivity (Wildman–Crippen MR) is 121 cm³/mol. The van der Waals surface area contributed by atoms with Crippen LogP contribution < -0.4 is 20.9 Å². The van der Waals surface area contributed by atoms with Crippen LogP contribution >= 0.6 is 0 Å². The number of likely N-dealkylation sites (tertiary alicyclic amines) is 1. The van der Waals surface area contributed by atoms with Crippen molar-refractivity contribution < 1.29 is 39.1 Å². The van der Waals surface area contributed by atoms with Gasteiger partial charge in [-0.1, -0.05) is 17.4 Å².